The van der Waals surface area contributed by atoms with Crippen LogP contribution in [-0.4, -0.2) is 21.1 Å². The van der Waals surface area contributed by atoms with Crippen molar-refractivity contribution in [3.63, 3.8) is 0 Å². The topological polar surface area (TPSA) is 83.8 Å². The van der Waals surface area contributed by atoms with Crippen LogP contribution in [0.25, 0.3) is 10.9 Å². The number of H-pyrrole nitrogens is 1. The van der Waals surface area contributed by atoms with Gasteiger partial charge in [-0.2, -0.15) is 5.10 Å². The molecule has 0 radical (unpaired) electrons. The van der Waals surface area contributed by atoms with E-state index in [2.05, 4.69) is 20.5 Å². The second-order valence-electron chi connectivity index (χ2n) is 4.22. The van der Waals surface area contributed by atoms with Crippen LogP contribution in [0.3, 0.4) is 0 Å². The Labute approximate surface area is 108 Å². The molecule has 3 rings (SSSR count). The van der Waals surface area contributed by atoms with Gasteiger partial charge in [-0.15, -0.1) is 0 Å². The van der Waals surface area contributed by atoms with E-state index >= 15 is 0 Å². The maximum absolute atomic E-state index is 12.0. The Balaban J connectivity index is 1.72. The number of nitrogens with zero attached hydrogens (tertiary/aromatic N) is 2. The summed E-state index contributed by atoms with van der Waals surface area (Å²) in [5.41, 5.74) is 1.40. The second-order valence-corrected chi connectivity index (χ2v) is 4.22. The first kappa shape index (κ1) is 11.5. The van der Waals surface area contributed by atoms with Gasteiger partial charge in [-0.3, -0.25) is 9.89 Å². The van der Waals surface area contributed by atoms with Crippen LogP contribution in [0.4, 0.5) is 0 Å². The van der Waals surface area contributed by atoms with E-state index in [0.29, 0.717) is 11.5 Å². The molecule has 1 amide bonds. The van der Waals surface area contributed by atoms with Crippen molar-refractivity contribution in [3.05, 3.63) is 47.8 Å². The van der Waals surface area contributed by atoms with Gasteiger partial charge in [0.2, 0.25) is 5.89 Å². The third kappa shape index (κ3) is 2.33. The van der Waals surface area contributed by atoms with Gasteiger partial charge >= 0.3 is 0 Å². The molecule has 0 saturated heterocycles. The first-order valence-corrected chi connectivity index (χ1v) is 5.85. The second kappa shape index (κ2) is 4.56. The Kier molecular flexibility index (Phi) is 2.75. The Morgan fingerprint density at radius 1 is 1.42 bits per heavy atom. The highest BCUT2D eigenvalue weighted by Crippen LogP contribution is 2.12. The van der Waals surface area contributed by atoms with Crippen LogP contribution in [0.2, 0.25) is 0 Å². The molecule has 96 valence electrons. The van der Waals surface area contributed by atoms with Gasteiger partial charge in [-0.05, 0) is 19.1 Å². The smallest absolute Gasteiger partial charge is 0.251 e. The van der Waals surface area contributed by atoms with E-state index in [4.69, 9.17) is 4.42 Å². The molecule has 19 heavy (non-hydrogen) atoms. The normalized spacial score (nSPS) is 10.8. The lowest BCUT2D eigenvalue weighted by atomic mass is 10.1. The highest BCUT2D eigenvalue weighted by molar-refractivity contribution is 5.97. The highest BCUT2D eigenvalue weighted by Gasteiger charge is 2.08. The minimum Gasteiger partial charge on any atom is -0.444 e. The molecule has 0 fully saturated rings. The monoisotopic (exact) mass is 256 g/mol. The molecule has 2 heterocycles. The van der Waals surface area contributed by atoms with Crippen LogP contribution >= 0.6 is 0 Å². The number of benzene rings is 1. The lowest BCUT2D eigenvalue weighted by molar-refractivity contribution is 0.0947. The maximum Gasteiger partial charge on any atom is 0.251 e. The highest BCUT2D eigenvalue weighted by atomic mass is 16.4. The summed E-state index contributed by atoms with van der Waals surface area (Å²) in [5, 5.41) is 10.5. The zero-order chi connectivity index (χ0) is 13.2. The molecule has 2 N–H and O–H groups in total. The number of hydrogen-bond donors (Lipinski definition) is 2. The third-order valence-corrected chi connectivity index (χ3v) is 2.77. The summed E-state index contributed by atoms with van der Waals surface area (Å²) < 4.78 is 5.29. The van der Waals surface area contributed by atoms with E-state index in [0.717, 1.165) is 16.7 Å². The van der Waals surface area contributed by atoms with Gasteiger partial charge in [0.25, 0.3) is 5.91 Å². The van der Waals surface area contributed by atoms with Crippen molar-refractivity contribution in [2.75, 3.05) is 0 Å². The molecule has 2 aromatic heterocycles. The van der Waals surface area contributed by atoms with Gasteiger partial charge in [0.15, 0.2) is 0 Å². The predicted molar refractivity (Wildman–Crippen MR) is 68.5 cm³/mol. The van der Waals surface area contributed by atoms with Crippen molar-refractivity contribution in [1.29, 1.82) is 0 Å². The van der Waals surface area contributed by atoms with Gasteiger partial charge in [0.1, 0.15) is 5.76 Å². The molecule has 0 bridgehead atoms. The molecule has 0 unspecified atom stereocenters. The fourth-order valence-corrected chi connectivity index (χ4v) is 1.82. The summed E-state index contributed by atoms with van der Waals surface area (Å²) in [6.45, 7) is 2.08. The van der Waals surface area contributed by atoms with E-state index in [1.54, 1.807) is 24.5 Å². The van der Waals surface area contributed by atoms with E-state index in [1.165, 1.54) is 0 Å². The number of oxazole rings is 1. The molecule has 6 nitrogen and oxygen atoms in total. The van der Waals surface area contributed by atoms with Gasteiger partial charge in [-0.25, -0.2) is 4.98 Å². The summed E-state index contributed by atoms with van der Waals surface area (Å²) in [5.74, 6) is 1.05. The van der Waals surface area contributed by atoms with Crippen LogP contribution in [0.5, 0.6) is 0 Å². The van der Waals surface area contributed by atoms with Gasteiger partial charge in [-0.1, -0.05) is 6.07 Å². The van der Waals surface area contributed by atoms with Crippen LogP contribution in [0.1, 0.15) is 22.0 Å². The molecule has 0 spiro atoms. The molecule has 3 aromatic rings. The molecule has 0 aliphatic rings. The average molecular weight is 256 g/mol. The Bertz CT molecular complexity index is 729. The lowest BCUT2D eigenvalue weighted by Gasteiger charge is -2.02. The van der Waals surface area contributed by atoms with Crippen LogP contribution in [0, 0.1) is 6.92 Å². The average Bonchev–Trinajstić information content (AvgIpc) is 3.03. The number of fused-ring (bicyclic) bond motifs is 1. The minimum absolute atomic E-state index is 0.174. The summed E-state index contributed by atoms with van der Waals surface area (Å²) in [7, 11) is 0. The van der Waals surface area contributed by atoms with Crippen molar-refractivity contribution >= 4 is 16.8 Å². The maximum atomic E-state index is 12.0. The van der Waals surface area contributed by atoms with Gasteiger partial charge in [0.05, 0.1) is 24.5 Å². The summed E-state index contributed by atoms with van der Waals surface area (Å²) in [6.07, 6.45) is 3.34. The fraction of sp³-hybridized carbons (Fsp3) is 0.154. The number of carbonyl (C=O) groups is 1. The number of aromatic nitrogens is 3. The van der Waals surface area contributed by atoms with Gasteiger partial charge in [0, 0.05) is 10.9 Å². The Hall–Kier alpha value is -2.63. The standard InChI is InChI=1S/C13H12N4O2/c1-8-5-14-12(19-8)7-15-13(18)9-2-3-10-6-16-17-11(10)4-9/h2-6H,7H2,1H3,(H,15,18)(H,16,17). The number of carbonyl (C=O) groups excluding carboxylic acids is 1. The quantitative estimate of drug-likeness (QED) is 0.748. The first-order valence-electron chi connectivity index (χ1n) is 5.85. The van der Waals surface area contributed by atoms with E-state index in [1.807, 2.05) is 13.0 Å². The number of aromatic amines is 1. The number of nitrogens with one attached hydrogen (secondary N) is 2. The molecule has 0 aliphatic heterocycles. The Morgan fingerprint density at radius 3 is 3.11 bits per heavy atom. The predicted octanol–water partition coefficient (Wildman–Crippen LogP) is 1.79. The molecular weight excluding hydrogens is 244 g/mol. The molecule has 1 aromatic carbocycles. The summed E-state index contributed by atoms with van der Waals surface area (Å²) in [4.78, 5) is 16.0. The third-order valence-electron chi connectivity index (χ3n) is 2.77. The molecular formula is C13H12N4O2. The summed E-state index contributed by atoms with van der Waals surface area (Å²) >= 11 is 0. The summed E-state index contributed by atoms with van der Waals surface area (Å²) in [6, 6.07) is 5.37. The van der Waals surface area contributed by atoms with Crippen molar-refractivity contribution in [2.45, 2.75) is 13.5 Å². The largest absolute Gasteiger partial charge is 0.444 e. The SMILES string of the molecule is Cc1cnc(CNC(=O)c2ccc3cn[nH]c3c2)o1. The van der Waals surface area contributed by atoms with Gasteiger partial charge < -0.3 is 9.73 Å². The molecule has 6 heteroatoms. The zero-order valence-electron chi connectivity index (χ0n) is 10.3. The van der Waals surface area contributed by atoms with Crippen LogP contribution < -0.4 is 5.32 Å². The van der Waals surface area contributed by atoms with Crippen LogP contribution in [-0.2, 0) is 6.54 Å². The Morgan fingerprint density at radius 2 is 2.32 bits per heavy atom. The van der Waals surface area contributed by atoms with Crippen LogP contribution in [0.15, 0.2) is 35.0 Å². The molecule has 0 saturated carbocycles. The minimum atomic E-state index is -0.174. The number of hydrogen-bond acceptors (Lipinski definition) is 4. The van der Waals surface area contributed by atoms with E-state index in [9.17, 15) is 4.79 Å². The molecule has 0 atom stereocenters. The molecule has 0 aliphatic carbocycles. The number of rotatable bonds is 3. The zero-order valence-corrected chi connectivity index (χ0v) is 10.3. The van der Waals surface area contributed by atoms with Crippen molar-refractivity contribution < 1.29 is 9.21 Å². The first-order chi connectivity index (χ1) is 9.22. The number of amides is 1. The van der Waals surface area contributed by atoms with Crippen molar-refractivity contribution in [2.24, 2.45) is 0 Å². The van der Waals surface area contributed by atoms with Crippen molar-refractivity contribution in [3.8, 4) is 0 Å². The fourth-order valence-electron chi connectivity index (χ4n) is 1.82. The van der Waals surface area contributed by atoms with E-state index in [-0.39, 0.29) is 12.5 Å². The lowest BCUT2D eigenvalue weighted by Crippen LogP contribution is -2.22. The van der Waals surface area contributed by atoms with Crippen molar-refractivity contribution in [1.82, 2.24) is 20.5 Å². The van der Waals surface area contributed by atoms with E-state index < -0.39 is 0 Å². The number of aryl methyl sites for hydroxylation is 1.